The van der Waals surface area contributed by atoms with Crippen molar-refractivity contribution in [2.75, 3.05) is 18.5 Å². The Morgan fingerprint density at radius 3 is 2.66 bits per heavy atom. The summed E-state index contributed by atoms with van der Waals surface area (Å²) in [5.41, 5.74) is 0.0240. The fourth-order valence-corrected chi connectivity index (χ4v) is 3.78. The average Bonchev–Trinajstić information content (AvgIpc) is 2.67. The number of nitrogens with one attached hydrogen (secondary N) is 1. The zero-order chi connectivity index (χ0) is 21.4. The summed E-state index contributed by atoms with van der Waals surface area (Å²) in [4.78, 5) is 25.6. The number of carbonyl (C=O) groups is 2. The van der Waals surface area contributed by atoms with Crippen LogP contribution in [0.1, 0.15) is 77.1 Å². The SMILES string of the molecule is CCCO[C@]1(C(=O)Nc2ccc(OC(C)C)c(C(=O)OCC)c2)CCC[C@@H](C)C1. The van der Waals surface area contributed by atoms with Gasteiger partial charge in [-0.25, -0.2) is 4.79 Å². The zero-order valence-electron chi connectivity index (χ0n) is 18.4. The van der Waals surface area contributed by atoms with E-state index in [-0.39, 0.29) is 18.6 Å². The maximum Gasteiger partial charge on any atom is 0.341 e. The number of hydrogen-bond acceptors (Lipinski definition) is 5. The minimum atomic E-state index is -0.815. The van der Waals surface area contributed by atoms with Crippen LogP contribution < -0.4 is 10.1 Å². The number of esters is 1. The lowest BCUT2D eigenvalue weighted by Gasteiger charge is -2.38. The normalized spacial score (nSPS) is 21.7. The van der Waals surface area contributed by atoms with E-state index < -0.39 is 11.6 Å². The van der Waals surface area contributed by atoms with E-state index in [1.165, 1.54) is 0 Å². The third-order valence-electron chi connectivity index (χ3n) is 5.05. The molecule has 1 aromatic carbocycles. The Balaban J connectivity index is 2.27. The van der Waals surface area contributed by atoms with E-state index in [1.807, 2.05) is 20.8 Å². The van der Waals surface area contributed by atoms with Crippen LogP contribution in [0.4, 0.5) is 5.69 Å². The number of hydrogen-bond donors (Lipinski definition) is 1. The van der Waals surface area contributed by atoms with Crippen molar-refractivity contribution in [2.24, 2.45) is 5.92 Å². The number of rotatable bonds is 9. The first kappa shape index (κ1) is 23.2. The third-order valence-corrected chi connectivity index (χ3v) is 5.05. The van der Waals surface area contributed by atoms with Crippen LogP contribution in [0.25, 0.3) is 0 Å². The predicted molar refractivity (Wildman–Crippen MR) is 113 cm³/mol. The Labute approximate surface area is 174 Å². The largest absolute Gasteiger partial charge is 0.490 e. The Morgan fingerprint density at radius 2 is 2.03 bits per heavy atom. The minimum Gasteiger partial charge on any atom is -0.490 e. The van der Waals surface area contributed by atoms with Crippen molar-refractivity contribution in [1.29, 1.82) is 0 Å². The van der Waals surface area contributed by atoms with Gasteiger partial charge in [0.2, 0.25) is 0 Å². The minimum absolute atomic E-state index is 0.0851. The highest BCUT2D eigenvalue weighted by Gasteiger charge is 2.42. The molecule has 0 aliphatic heterocycles. The molecule has 0 bridgehead atoms. The number of amides is 1. The van der Waals surface area contributed by atoms with Crippen LogP contribution in [0.3, 0.4) is 0 Å². The Hall–Kier alpha value is -2.08. The summed E-state index contributed by atoms with van der Waals surface area (Å²) in [6.07, 6.45) is 4.27. The van der Waals surface area contributed by atoms with E-state index >= 15 is 0 Å². The molecule has 0 radical (unpaired) electrons. The van der Waals surface area contributed by atoms with Crippen LogP contribution in [-0.2, 0) is 14.3 Å². The summed E-state index contributed by atoms with van der Waals surface area (Å²) in [5.74, 6) is 0.260. The first-order valence-electron chi connectivity index (χ1n) is 10.7. The molecule has 2 atom stereocenters. The van der Waals surface area contributed by atoms with Gasteiger partial charge in [-0.3, -0.25) is 4.79 Å². The van der Waals surface area contributed by atoms with Crippen LogP contribution >= 0.6 is 0 Å². The van der Waals surface area contributed by atoms with Gasteiger partial charge in [0, 0.05) is 12.3 Å². The highest BCUT2D eigenvalue weighted by molar-refractivity contribution is 5.99. The number of anilines is 1. The first-order chi connectivity index (χ1) is 13.8. The van der Waals surface area contributed by atoms with E-state index in [9.17, 15) is 9.59 Å². The molecule has 0 aromatic heterocycles. The highest BCUT2D eigenvalue weighted by atomic mass is 16.5. The zero-order valence-corrected chi connectivity index (χ0v) is 18.4. The summed E-state index contributed by atoms with van der Waals surface area (Å²) in [6, 6.07) is 5.07. The second kappa shape index (κ2) is 10.6. The van der Waals surface area contributed by atoms with Crippen LogP contribution in [0, 0.1) is 5.92 Å². The van der Waals surface area contributed by atoms with Gasteiger partial charge in [-0.05, 0) is 70.6 Å². The lowest BCUT2D eigenvalue weighted by molar-refractivity contribution is -0.148. The molecular formula is C23H35NO5. The number of carbonyl (C=O) groups excluding carboxylic acids is 2. The molecule has 162 valence electrons. The summed E-state index contributed by atoms with van der Waals surface area (Å²) in [6.45, 7) is 10.6. The van der Waals surface area contributed by atoms with Crippen molar-refractivity contribution in [3.05, 3.63) is 23.8 Å². The Bertz CT molecular complexity index is 703. The molecular weight excluding hydrogens is 370 g/mol. The average molecular weight is 406 g/mol. The molecule has 1 aliphatic carbocycles. The van der Waals surface area contributed by atoms with Crippen LogP contribution in [0.5, 0.6) is 5.75 Å². The van der Waals surface area contributed by atoms with Gasteiger partial charge in [0.1, 0.15) is 16.9 Å². The van der Waals surface area contributed by atoms with Crippen LogP contribution in [0.2, 0.25) is 0 Å². The molecule has 0 unspecified atom stereocenters. The molecule has 29 heavy (non-hydrogen) atoms. The van der Waals surface area contributed by atoms with E-state index in [1.54, 1.807) is 25.1 Å². The van der Waals surface area contributed by atoms with Crippen molar-refractivity contribution < 1.29 is 23.8 Å². The van der Waals surface area contributed by atoms with Gasteiger partial charge in [-0.1, -0.05) is 20.3 Å². The second-order valence-electron chi connectivity index (χ2n) is 8.10. The van der Waals surface area contributed by atoms with Crippen LogP contribution in [0.15, 0.2) is 18.2 Å². The molecule has 2 rings (SSSR count). The number of benzene rings is 1. The molecule has 0 spiro atoms. The summed E-state index contributed by atoms with van der Waals surface area (Å²) in [5, 5.41) is 2.97. The standard InChI is InChI=1S/C23H35NO5/c1-6-13-28-23(12-8-9-17(5)15-23)22(26)24-18-10-11-20(29-16(3)4)19(14-18)21(25)27-7-2/h10-11,14,16-17H,6-9,12-13,15H2,1-5H3,(H,24,26)/t17-,23-/m1/s1. The third kappa shape index (κ3) is 6.20. The lowest BCUT2D eigenvalue weighted by Crippen LogP contribution is -2.48. The van der Waals surface area contributed by atoms with Crippen molar-refractivity contribution >= 4 is 17.6 Å². The molecule has 0 heterocycles. The van der Waals surface area contributed by atoms with Crippen LogP contribution in [-0.4, -0.2) is 36.8 Å². The van der Waals surface area contributed by atoms with Gasteiger partial charge in [-0.2, -0.15) is 0 Å². The van der Waals surface area contributed by atoms with E-state index in [0.29, 0.717) is 42.4 Å². The smallest absolute Gasteiger partial charge is 0.341 e. The van der Waals surface area contributed by atoms with E-state index in [0.717, 1.165) is 19.3 Å². The summed E-state index contributed by atoms with van der Waals surface area (Å²) >= 11 is 0. The van der Waals surface area contributed by atoms with Gasteiger partial charge >= 0.3 is 5.97 Å². The lowest BCUT2D eigenvalue weighted by atomic mass is 9.78. The summed E-state index contributed by atoms with van der Waals surface area (Å²) < 4.78 is 17.0. The van der Waals surface area contributed by atoms with Crippen molar-refractivity contribution in [3.8, 4) is 5.75 Å². The Kier molecular flexibility index (Phi) is 8.50. The summed E-state index contributed by atoms with van der Waals surface area (Å²) in [7, 11) is 0. The fraction of sp³-hybridized carbons (Fsp3) is 0.652. The molecule has 1 N–H and O–H groups in total. The van der Waals surface area contributed by atoms with Gasteiger partial charge in [0.05, 0.1) is 12.7 Å². The van der Waals surface area contributed by atoms with Crippen molar-refractivity contribution in [1.82, 2.24) is 0 Å². The second-order valence-corrected chi connectivity index (χ2v) is 8.10. The van der Waals surface area contributed by atoms with Gasteiger partial charge in [0.15, 0.2) is 0 Å². The maximum atomic E-state index is 13.2. The molecule has 1 aliphatic rings. The molecule has 0 saturated heterocycles. The molecule has 1 fully saturated rings. The molecule has 1 aromatic rings. The van der Waals surface area contributed by atoms with Gasteiger partial charge in [-0.15, -0.1) is 0 Å². The Morgan fingerprint density at radius 1 is 1.28 bits per heavy atom. The molecule has 1 saturated carbocycles. The monoisotopic (exact) mass is 405 g/mol. The molecule has 1 amide bonds. The molecule has 6 nitrogen and oxygen atoms in total. The topological polar surface area (TPSA) is 73.9 Å². The first-order valence-corrected chi connectivity index (χ1v) is 10.7. The fourth-order valence-electron chi connectivity index (χ4n) is 3.78. The maximum absolute atomic E-state index is 13.2. The highest BCUT2D eigenvalue weighted by Crippen LogP contribution is 2.37. The van der Waals surface area contributed by atoms with E-state index in [2.05, 4.69) is 12.2 Å². The van der Waals surface area contributed by atoms with Gasteiger partial charge < -0.3 is 19.5 Å². The van der Waals surface area contributed by atoms with Gasteiger partial charge in [0.25, 0.3) is 5.91 Å². The van der Waals surface area contributed by atoms with Crippen molar-refractivity contribution in [2.45, 2.75) is 78.4 Å². The number of ether oxygens (including phenoxy) is 3. The quantitative estimate of drug-likeness (QED) is 0.588. The molecule has 6 heteroatoms. The predicted octanol–water partition coefficient (Wildman–Crippen LogP) is 4.96. The van der Waals surface area contributed by atoms with Crippen molar-refractivity contribution in [3.63, 3.8) is 0 Å². The van der Waals surface area contributed by atoms with E-state index in [4.69, 9.17) is 14.2 Å².